The first kappa shape index (κ1) is 14.4. The highest BCUT2D eigenvalue weighted by Gasteiger charge is 2.07. The van der Waals surface area contributed by atoms with Crippen LogP contribution < -0.4 is 4.72 Å². The molecule has 0 amide bonds. The standard InChI is InChI=1S/C15H14N4O2S/c1-10-14-6-11(3-4-15(14)18-9-17-10)12-5-13(8-16-7-12)19-22(2,20)21/h3-9,19H,1-2H3. The van der Waals surface area contributed by atoms with Crippen molar-refractivity contribution < 1.29 is 8.42 Å². The van der Waals surface area contributed by atoms with E-state index in [-0.39, 0.29) is 0 Å². The number of nitrogens with zero attached hydrogens (tertiary/aromatic N) is 3. The summed E-state index contributed by atoms with van der Waals surface area (Å²) in [6.45, 7) is 1.92. The van der Waals surface area contributed by atoms with Gasteiger partial charge in [0.15, 0.2) is 0 Å². The Morgan fingerprint density at radius 3 is 2.64 bits per heavy atom. The minimum absolute atomic E-state index is 0.432. The van der Waals surface area contributed by atoms with Crippen LogP contribution in [0.1, 0.15) is 5.69 Å². The normalized spacial score (nSPS) is 11.5. The second kappa shape index (κ2) is 5.34. The van der Waals surface area contributed by atoms with Crippen LogP contribution in [-0.4, -0.2) is 29.6 Å². The molecule has 1 aromatic carbocycles. The van der Waals surface area contributed by atoms with Crippen molar-refractivity contribution in [1.29, 1.82) is 0 Å². The number of aryl methyl sites for hydroxylation is 1. The number of pyridine rings is 1. The number of fused-ring (bicyclic) bond motifs is 1. The Labute approximate surface area is 128 Å². The molecule has 0 aliphatic rings. The zero-order valence-corrected chi connectivity index (χ0v) is 12.9. The fourth-order valence-corrected chi connectivity index (χ4v) is 2.77. The Morgan fingerprint density at radius 1 is 1.05 bits per heavy atom. The van der Waals surface area contributed by atoms with Gasteiger partial charge in [0, 0.05) is 22.8 Å². The van der Waals surface area contributed by atoms with Gasteiger partial charge in [0.1, 0.15) is 6.33 Å². The average Bonchev–Trinajstić information content (AvgIpc) is 2.46. The van der Waals surface area contributed by atoms with Gasteiger partial charge < -0.3 is 0 Å². The first-order valence-corrected chi connectivity index (χ1v) is 8.46. The average molecular weight is 314 g/mol. The van der Waals surface area contributed by atoms with E-state index in [0.717, 1.165) is 34.0 Å². The Morgan fingerprint density at radius 2 is 1.86 bits per heavy atom. The van der Waals surface area contributed by atoms with Crippen LogP contribution in [0.25, 0.3) is 22.0 Å². The minimum atomic E-state index is -3.33. The molecule has 112 valence electrons. The van der Waals surface area contributed by atoms with Crippen molar-refractivity contribution in [3.05, 3.63) is 48.7 Å². The van der Waals surface area contributed by atoms with Crippen LogP contribution in [0.2, 0.25) is 0 Å². The van der Waals surface area contributed by atoms with E-state index >= 15 is 0 Å². The number of hydrogen-bond acceptors (Lipinski definition) is 5. The van der Waals surface area contributed by atoms with Crippen molar-refractivity contribution in [1.82, 2.24) is 15.0 Å². The van der Waals surface area contributed by atoms with E-state index in [1.165, 1.54) is 12.5 Å². The lowest BCUT2D eigenvalue weighted by Gasteiger charge is -2.08. The molecule has 2 heterocycles. The fourth-order valence-electron chi connectivity index (χ4n) is 2.23. The maximum Gasteiger partial charge on any atom is 0.229 e. The van der Waals surface area contributed by atoms with Crippen molar-refractivity contribution in [2.24, 2.45) is 0 Å². The van der Waals surface area contributed by atoms with Gasteiger partial charge in [-0.3, -0.25) is 9.71 Å². The van der Waals surface area contributed by atoms with Crippen molar-refractivity contribution in [2.45, 2.75) is 6.92 Å². The molecule has 0 spiro atoms. The number of benzene rings is 1. The van der Waals surface area contributed by atoms with Gasteiger partial charge in [-0.1, -0.05) is 6.07 Å². The quantitative estimate of drug-likeness (QED) is 0.802. The number of aromatic nitrogens is 3. The molecule has 0 saturated carbocycles. The summed E-state index contributed by atoms with van der Waals surface area (Å²) in [5.74, 6) is 0. The molecule has 7 heteroatoms. The summed E-state index contributed by atoms with van der Waals surface area (Å²) in [4.78, 5) is 12.5. The predicted molar refractivity (Wildman–Crippen MR) is 86.0 cm³/mol. The number of nitrogens with one attached hydrogen (secondary N) is 1. The monoisotopic (exact) mass is 314 g/mol. The smallest absolute Gasteiger partial charge is 0.229 e. The number of anilines is 1. The zero-order chi connectivity index (χ0) is 15.7. The summed E-state index contributed by atoms with van der Waals surface area (Å²) >= 11 is 0. The highest BCUT2D eigenvalue weighted by molar-refractivity contribution is 7.92. The van der Waals surface area contributed by atoms with Crippen LogP contribution in [0.15, 0.2) is 43.0 Å². The van der Waals surface area contributed by atoms with Crippen molar-refractivity contribution in [2.75, 3.05) is 11.0 Å². The first-order chi connectivity index (χ1) is 10.4. The molecular formula is C15H14N4O2S. The number of hydrogen-bond donors (Lipinski definition) is 1. The van der Waals surface area contributed by atoms with Gasteiger partial charge in [-0.2, -0.15) is 0 Å². The summed E-state index contributed by atoms with van der Waals surface area (Å²) in [5.41, 5.74) is 3.94. The highest BCUT2D eigenvalue weighted by atomic mass is 32.2. The van der Waals surface area contributed by atoms with Crippen LogP contribution in [0.3, 0.4) is 0 Å². The molecule has 3 rings (SSSR count). The maximum atomic E-state index is 11.3. The molecular weight excluding hydrogens is 300 g/mol. The highest BCUT2D eigenvalue weighted by Crippen LogP contribution is 2.26. The van der Waals surface area contributed by atoms with E-state index in [1.54, 1.807) is 12.3 Å². The lowest BCUT2D eigenvalue weighted by Crippen LogP contribution is -2.09. The van der Waals surface area contributed by atoms with Gasteiger partial charge in [0.05, 0.1) is 23.7 Å². The Kier molecular flexibility index (Phi) is 3.50. The van der Waals surface area contributed by atoms with E-state index < -0.39 is 10.0 Å². The Bertz CT molecular complexity index is 955. The SMILES string of the molecule is Cc1ncnc2ccc(-c3cncc(NS(C)(=O)=O)c3)cc12. The van der Waals surface area contributed by atoms with E-state index in [2.05, 4.69) is 19.7 Å². The van der Waals surface area contributed by atoms with Gasteiger partial charge in [-0.15, -0.1) is 0 Å². The Hall–Kier alpha value is -2.54. The van der Waals surface area contributed by atoms with Crippen molar-refractivity contribution in [3.8, 4) is 11.1 Å². The second-order valence-corrected chi connectivity index (χ2v) is 6.78. The first-order valence-electron chi connectivity index (χ1n) is 6.57. The third-order valence-electron chi connectivity index (χ3n) is 3.21. The van der Waals surface area contributed by atoms with Gasteiger partial charge in [-0.05, 0) is 30.7 Å². The van der Waals surface area contributed by atoms with Crippen LogP contribution in [0.4, 0.5) is 5.69 Å². The third-order valence-corrected chi connectivity index (χ3v) is 3.82. The molecule has 0 radical (unpaired) electrons. The maximum absolute atomic E-state index is 11.3. The molecule has 0 aliphatic heterocycles. The van der Waals surface area contributed by atoms with E-state index in [9.17, 15) is 8.42 Å². The van der Waals surface area contributed by atoms with E-state index in [1.807, 2.05) is 25.1 Å². The van der Waals surface area contributed by atoms with Crippen LogP contribution in [0.5, 0.6) is 0 Å². The van der Waals surface area contributed by atoms with E-state index in [4.69, 9.17) is 0 Å². The van der Waals surface area contributed by atoms with Crippen LogP contribution in [-0.2, 0) is 10.0 Å². The summed E-state index contributed by atoms with van der Waals surface area (Å²) in [7, 11) is -3.33. The molecule has 2 aromatic heterocycles. The van der Waals surface area contributed by atoms with Crippen LogP contribution >= 0.6 is 0 Å². The molecule has 0 aliphatic carbocycles. The zero-order valence-electron chi connectivity index (χ0n) is 12.1. The minimum Gasteiger partial charge on any atom is -0.282 e. The fraction of sp³-hybridized carbons (Fsp3) is 0.133. The Balaban J connectivity index is 2.07. The van der Waals surface area contributed by atoms with Crippen molar-refractivity contribution >= 4 is 26.6 Å². The molecule has 0 bridgehead atoms. The molecule has 0 atom stereocenters. The number of rotatable bonds is 3. The largest absolute Gasteiger partial charge is 0.282 e. The van der Waals surface area contributed by atoms with Gasteiger partial charge in [0.25, 0.3) is 0 Å². The molecule has 6 nitrogen and oxygen atoms in total. The molecule has 0 unspecified atom stereocenters. The van der Waals surface area contributed by atoms with Gasteiger partial charge >= 0.3 is 0 Å². The summed E-state index contributed by atoms with van der Waals surface area (Å²) in [5, 5.41) is 0.960. The van der Waals surface area contributed by atoms with Gasteiger partial charge in [-0.25, -0.2) is 18.4 Å². The molecule has 22 heavy (non-hydrogen) atoms. The molecule has 0 fully saturated rings. The summed E-state index contributed by atoms with van der Waals surface area (Å²) in [6.07, 6.45) is 5.81. The topological polar surface area (TPSA) is 84.8 Å². The molecule has 1 N–H and O–H groups in total. The summed E-state index contributed by atoms with van der Waals surface area (Å²) < 4.78 is 25.0. The number of sulfonamides is 1. The lowest BCUT2D eigenvalue weighted by molar-refractivity contribution is 0.607. The molecule has 0 saturated heterocycles. The van der Waals surface area contributed by atoms with Crippen LogP contribution in [0, 0.1) is 6.92 Å². The predicted octanol–water partition coefficient (Wildman–Crippen LogP) is 2.37. The van der Waals surface area contributed by atoms with E-state index in [0.29, 0.717) is 5.69 Å². The molecule has 3 aromatic rings. The lowest BCUT2D eigenvalue weighted by atomic mass is 10.0. The van der Waals surface area contributed by atoms with Gasteiger partial charge in [0.2, 0.25) is 10.0 Å². The third kappa shape index (κ3) is 3.04. The second-order valence-electron chi connectivity index (χ2n) is 5.03. The summed E-state index contributed by atoms with van der Waals surface area (Å²) in [6, 6.07) is 7.56. The van der Waals surface area contributed by atoms with Crippen molar-refractivity contribution in [3.63, 3.8) is 0 Å².